The smallest absolute Gasteiger partial charge is 0.334 e. The topological polar surface area (TPSA) is 38.3 Å². The standard InChI is InChI=1S/C20H25ClFNO2S2/c1-2-25-19(24)16-13-20(26-10-3-11-27-20)8-6-14(16)7-9-23-18-5-4-15(22)12-17(18)21/h4-5,12-14,23H,2-3,6-11H2,1H3. The molecule has 1 saturated heterocycles. The van der Waals surface area contributed by atoms with Crippen LogP contribution in [0.15, 0.2) is 29.8 Å². The first-order valence-electron chi connectivity index (χ1n) is 9.40. The maximum atomic E-state index is 13.2. The largest absolute Gasteiger partial charge is 0.463 e. The van der Waals surface area contributed by atoms with Crippen molar-refractivity contribution in [3.05, 3.63) is 40.7 Å². The average Bonchev–Trinajstić information content (AvgIpc) is 2.65. The highest BCUT2D eigenvalue weighted by atomic mass is 35.5. The van der Waals surface area contributed by atoms with E-state index < -0.39 is 0 Å². The van der Waals surface area contributed by atoms with E-state index in [2.05, 4.69) is 11.4 Å². The van der Waals surface area contributed by atoms with Crippen LogP contribution in [0.4, 0.5) is 10.1 Å². The van der Waals surface area contributed by atoms with Crippen LogP contribution in [0.1, 0.15) is 32.6 Å². The van der Waals surface area contributed by atoms with Crippen molar-refractivity contribution in [2.75, 3.05) is 30.0 Å². The Morgan fingerprint density at radius 1 is 1.41 bits per heavy atom. The predicted molar refractivity (Wildman–Crippen MR) is 114 cm³/mol. The van der Waals surface area contributed by atoms with Crippen LogP contribution in [0.3, 0.4) is 0 Å². The molecule has 1 aliphatic heterocycles. The van der Waals surface area contributed by atoms with E-state index in [1.807, 2.05) is 30.4 Å². The maximum absolute atomic E-state index is 13.2. The highest BCUT2D eigenvalue weighted by molar-refractivity contribution is 8.19. The normalized spacial score (nSPS) is 21.6. The Morgan fingerprint density at radius 3 is 2.89 bits per heavy atom. The molecule has 1 aliphatic carbocycles. The van der Waals surface area contributed by atoms with E-state index >= 15 is 0 Å². The Morgan fingerprint density at radius 2 is 2.19 bits per heavy atom. The molecule has 1 fully saturated rings. The zero-order chi connectivity index (χ0) is 19.3. The number of thioether (sulfide) groups is 2. The molecule has 1 spiro atoms. The van der Waals surface area contributed by atoms with E-state index in [0.717, 1.165) is 36.3 Å². The number of carbonyl (C=O) groups excluding carboxylic acids is 1. The summed E-state index contributed by atoms with van der Waals surface area (Å²) < 4.78 is 18.5. The van der Waals surface area contributed by atoms with Crippen molar-refractivity contribution in [2.24, 2.45) is 5.92 Å². The summed E-state index contributed by atoms with van der Waals surface area (Å²) in [6.07, 6.45) is 6.27. The lowest BCUT2D eigenvalue weighted by Crippen LogP contribution is -2.32. The van der Waals surface area contributed by atoms with Gasteiger partial charge in [0.25, 0.3) is 0 Å². The third kappa shape index (κ3) is 5.36. The molecule has 0 bridgehead atoms. The minimum absolute atomic E-state index is 0.0323. The molecule has 7 heteroatoms. The number of halogens is 2. The zero-order valence-corrected chi connectivity index (χ0v) is 17.8. The van der Waals surface area contributed by atoms with Gasteiger partial charge in [0, 0.05) is 12.1 Å². The first kappa shape index (κ1) is 20.9. The van der Waals surface area contributed by atoms with Gasteiger partial charge in [0.05, 0.1) is 21.4 Å². The molecule has 1 aromatic rings. The highest BCUT2D eigenvalue weighted by Gasteiger charge is 2.39. The van der Waals surface area contributed by atoms with Crippen LogP contribution in [0.5, 0.6) is 0 Å². The molecule has 3 rings (SSSR count). The predicted octanol–water partition coefficient (Wildman–Crippen LogP) is 5.75. The van der Waals surface area contributed by atoms with Crippen LogP contribution in [0, 0.1) is 11.7 Å². The molecule has 3 nitrogen and oxygen atoms in total. The fourth-order valence-electron chi connectivity index (χ4n) is 3.53. The molecule has 1 atom stereocenters. The fourth-order valence-corrected chi connectivity index (χ4v) is 6.99. The number of rotatable bonds is 6. The van der Waals surface area contributed by atoms with Crippen LogP contribution in [-0.4, -0.2) is 34.7 Å². The summed E-state index contributed by atoms with van der Waals surface area (Å²) in [4.78, 5) is 12.6. The van der Waals surface area contributed by atoms with Gasteiger partial charge in [-0.2, -0.15) is 0 Å². The molecule has 148 valence electrons. The Bertz CT molecular complexity index is 707. The third-order valence-electron chi connectivity index (χ3n) is 4.89. The third-order valence-corrected chi connectivity index (χ3v) is 8.52. The lowest BCUT2D eigenvalue weighted by atomic mass is 9.84. The lowest BCUT2D eigenvalue weighted by molar-refractivity contribution is -0.139. The summed E-state index contributed by atoms with van der Waals surface area (Å²) in [5.74, 6) is 1.93. The summed E-state index contributed by atoms with van der Waals surface area (Å²) in [5, 5.41) is 3.63. The highest BCUT2D eigenvalue weighted by Crippen LogP contribution is 2.51. The molecule has 1 heterocycles. The molecule has 0 aromatic heterocycles. The van der Waals surface area contributed by atoms with Gasteiger partial charge in [-0.15, -0.1) is 23.5 Å². The second-order valence-corrected chi connectivity index (χ2v) is 10.3. The minimum atomic E-state index is -0.349. The van der Waals surface area contributed by atoms with E-state index in [1.54, 1.807) is 6.07 Å². The molecule has 0 saturated carbocycles. The van der Waals surface area contributed by atoms with Crippen LogP contribution >= 0.6 is 35.1 Å². The van der Waals surface area contributed by atoms with Gasteiger partial charge < -0.3 is 10.1 Å². The Labute approximate surface area is 173 Å². The van der Waals surface area contributed by atoms with Crippen molar-refractivity contribution >= 4 is 46.8 Å². The average molecular weight is 430 g/mol. The fraction of sp³-hybridized carbons (Fsp3) is 0.550. The summed E-state index contributed by atoms with van der Waals surface area (Å²) in [7, 11) is 0. The Hall–Kier alpha value is -0.850. The minimum Gasteiger partial charge on any atom is -0.463 e. The number of anilines is 1. The van der Waals surface area contributed by atoms with E-state index in [9.17, 15) is 9.18 Å². The van der Waals surface area contributed by atoms with Crippen molar-refractivity contribution in [3.8, 4) is 0 Å². The van der Waals surface area contributed by atoms with Crippen molar-refractivity contribution in [1.82, 2.24) is 0 Å². The van der Waals surface area contributed by atoms with Gasteiger partial charge >= 0.3 is 5.97 Å². The summed E-state index contributed by atoms with van der Waals surface area (Å²) in [6.45, 7) is 2.90. The summed E-state index contributed by atoms with van der Waals surface area (Å²) in [6, 6.07) is 4.33. The molecular formula is C20H25ClFNO2S2. The lowest BCUT2D eigenvalue weighted by Gasteiger charge is -2.39. The van der Waals surface area contributed by atoms with Crippen LogP contribution < -0.4 is 5.32 Å². The number of hydrogen-bond acceptors (Lipinski definition) is 5. The van der Waals surface area contributed by atoms with Gasteiger partial charge in [-0.1, -0.05) is 11.6 Å². The molecule has 1 aromatic carbocycles. The first-order valence-corrected chi connectivity index (χ1v) is 11.7. The molecule has 1 N–H and O–H groups in total. The Kier molecular flexibility index (Phi) is 7.40. The SMILES string of the molecule is CCOC(=O)C1=CC2(CCC1CCNc1ccc(F)cc1Cl)SCCCS2. The van der Waals surface area contributed by atoms with Crippen molar-refractivity contribution in [2.45, 2.75) is 36.7 Å². The zero-order valence-electron chi connectivity index (χ0n) is 15.4. The van der Waals surface area contributed by atoms with Gasteiger partial charge in [-0.25, -0.2) is 9.18 Å². The van der Waals surface area contributed by atoms with Gasteiger partial charge in [0.2, 0.25) is 0 Å². The molecule has 0 amide bonds. The van der Waals surface area contributed by atoms with Crippen molar-refractivity contribution in [1.29, 1.82) is 0 Å². The summed E-state index contributed by atoms with van der Waals surface area (Å²) >= 11 is 10.00. The van der Waals surface area contributed by atoms with E-state index in [-0.39, 0.29) is 21.8 Å². The number of nitrogens with one attached hydrogen (secondary N) is 1. The molecule has 27 heavy (non-hydrogen) atoms. The number of hydrogen-bond donors (Lipinski definition) is 1. The second kappa shape index (κ2) is 9.57. The summed E-state index contributed by atoms with van der Waals surface area (Å²) in [5.41, 5.74) is 1.53. The van der Waals surface area contributed by atoms with Crippen molar-refractivity contribution in [3.63, 3.8) is 0 Å². The number of benzene rings is 1. The Balaban J connectivity index is 1.67. The van der Waals surface area contributed by atoms with Gasteiger partial charge in [-0.05, 0) is 74.3 Å². The van der Waals surface area contributed by atoms with Gasteiger partial charge in [0.15, 0.2) is 0 Å². The van der Waals surface area contributed by atoms with E-state index in [4.69, 9.17) is 16.3 Å². The quantitative estimate of drug-likeness (QED) is 0.583. The van der Waals surface area contributed by atoms with Gasteiger partial charge in [-0.3, -0.25) is 0 Å². The maximum Gasteiger partial charge on any atom is 0.334 e. The number of carbonyl (C=O) groups is 1. The monoisotopic (exact) mass is 429 g/mol. The van der Waals surface area contributed by atoms with Crippen molar-refractivity contribution < 1.29 is 13.9 Å². The second-order valence-electron chi connectivity index (χ2n) is 6.76. The molecule has 1 unspecified atom stereocenters. The van der Waals surface area contributed by atoms with E-state index in [0.29, 0.717) is 23.9 Å². The van der Waals surface area contributed by atoms with Crippen LogP contribution in [0.25, 0.3) is 0 Å². The van der Waals surface area contributed by atoms with Crippen LogP contribution in [-0.2, 0) is 9.53 Å². The number of esters is 1. The number of ether oxygens (including phenoxy) is 1. The van der Waals surface area contributed by atoms with Gasteiger partial charge in [0.1, 0.15) is 5.82 Å². The first-order chi connectivity index (χ1) is 13.0. The molecular weight excluding hydrogens is 405 g/mol. The molecule has 2 aliphatic rings. The van der Waals surface area contributed by atoms with E-state index in [1.165, 1.54) is 18.6 Å². The molecule has 0 radical (unpaired) electrons. The van der Waals surface area contributed by atoms with Crippen LogP contribution in [0.2, 0.25) is 5.02 Å².